The third kappa shape index (κ3) is 3.88. The standard InChI is InChI=1S/C19H23N5O2/c1-13-15(5-3-8-21-13)23-17(25)11-19(7-10-20-12-19)18(26)24-16-6-4-9-22-14(16)2/h3-6,8-9,20H,7,10-12H2,1-2H3,(H,23,25)(H,24,26). The summed E-state index contributed by atoms with van der Waals surface area (Å²) in [4.78, 5) is 33.9. The molecule has 3 heterocycles. The van der Waals surface area contributed by atoms with Gasteiger partial charge in [0.15, 0.2) is 0 Å². The summed E-state index contributed by atoms with van der Waals surface area (Å²) in [6.07, 6.45) is 4.08. The summed E-state index contributed by atoms with van der Waals surface area (Å²) in [7, 11) is 0. The summed E-state index contributed by atoms with van der Waals surface area (Å²) in [6, 6.07) is 7.17. The van der Waals surface area contributed by atoms with Crippen LogP contribution in [0.4, 0.5) is 11.4 Å². The summed E-state index contributed by atoms with van der Waals surface area (Å²) in [5, 5.41) is 9.02. The Hall–Kier alpha value is -2.80. The van der Waals surface area contributed by atoms with Crippen LogP contribution in [0.3, 0.4) is 0 Å². The molecular weight excluding hydrogens is 330 g/mol. The fraction of sp³-hybridized carbons (Fsp3) is 0.368. The van der Waals surface area contributed by atoms with Gasteiger partial charge in [-0.05, 0) is 51.1 Å². The number of carbonyl (C=O) groups is 2. The second kappa shape index (κ2) is 7.61. The highest BCUT2D eigenvalue weighted by atomic mass is 16.2. The average molecular weight is 353 g/mol. The topological polar surface area (TPSA) is 96.0 Å². The van der Waals surface area contributed by atoms with Crippen molar-refractivity contribution in [3.63, 3.8) is 0 Å². The predicted molar refractivity (Wildman–Crippen MR) is 99.7 cm³/mol. The van der Waals surface area contributed by atoms with Gasteiger partial charge in [-0.25, -0.2) is 0 Å². The molecule has 26 heavy (non-hydrogen) atoms. The number of carbonyl (C=O) groups excluding carboxylic acids is 2. The van der Waals surface area contributed by atoms with Gasteiger partial charge in [0, 0.05) is 25.4 Å². The fourth-order valence-electron chi connectivity index (χ4n) is 3.16. The average Bonchev–Trinajstić information content (AvgIpc) is 3.08. The lowest BCUT2D eigenvalue weighted by Gasteiger charge is -2.26. The highest BCUT2D eigenvalue weighted by Gasteiger charge is 2.43. The molecule has 1 unspecified atom stereocenters. The molecule has 0 radical (unpaired) electrons. The van der Waals surface area contributed by atoms with Crippen LogP contribution in [-0.4, -0.2) is 34.9 Å². The number of nitrogens with one attached hydrogen (secondary N) is 3. The predicted octanol–water partition coefficient (Wildman–Crippen LogP) is 2.04. The smallest absolute Gasteiger partial charge is 0.232 e. The lowest BCUT2D eigenvalue weighted by Crippen LogP contribution is -2.41. The lowest BCUT2D eigenvalue weighted by molar-refractivity contribution is -0.129. The van der Waals surface area contributed by atoms with E-state index in [0.717, 1.165) is 11.4 Å². The third-order valence-corrected chi connectivity index (χ3v) is 4.76. The van der Waals surface area contributed by atoms with Crippen molar-refractivity contribution in [2.45, 2.75) is 26.7 Å². The van der Waals surface area contributed by atoms with Gasteiger partial charge in [0.05, 0.1) is 28.2 Å². The molecule has 0 spiro atoms. The summed E-state index contributed by atoms with van der Waals surface area (Å²) in [5.74, 6) is -0.348. The quantitative estimate of drug-likeness (QED) is 0.764. The molecule has 7 nitrogen and oxygen atoms in total. The Balaban J connectivity index is 1.73. The molecule has 2 aromatic heterocycles. The van der Waals surface area contributed by atoms with Crippen molar-refractivity contribution in [1.29, 1.82) is 0 Å². The molecule has 1 atom stereocenters. The van der Waals surface area contributed by atoms with Crippen LogP contribution in [0.25, 0.3) is 0 Å². The number of aryl methyl sites for hydroxylation is 2. The first-order chi connectivity index (χ1) is 12.5. The Morgan fingerprint density at radius 2 is 1.69 bits per heavy atom. The zero-order valence-electron chi connectivity index (χ0n) is 15.0. The maximum absolute atomic E-state index is 13.0. The number of hydrogen-bond donors (Lipinski definition) is 3. The van der Waals surface area contributed by atoms with Crippen LogP contribution in [0.2, 0.25) is 0 Å². The molecule has 136 valence electrons. The highest BCUT2D eigenvalue weighted by Crippen LogP contribution is 2.32. The van der Waals surface area contributed by atoms with Gasteiger partial charge in [-0.2, -0.15) is 0 Å². The maximum Gasteiger partial charge on any atom is 0.232 e. The Morgan fingerprint density at radius 1 is 1.08 bits per heavy atom. The number of nitrogens with zero attached hydrogens (tertiary/aromatic N) is 2. The number of hydrogen-bond acceptors (Lipinski definition) is 5. The molecule has 1 aliphatic heterocycles. The first-order valence-corrected chi connectivity index (χ1v) is 8.65. The van der Waals surface area contributed by atoms with Crippen molar-refractivity contribution in [3.05, 3.63) is 48.0 Å². The van der Waals surface area contributed by atoms with Crippen LogP contribution >= 0.6 is 0 Å². The second-order valence-electron chi connectivity index (χ2n) is 6.66. The van der Waals surface area contributed by atoms with Crippen molar-refractivity contribution in [3.8, 4) is 0 Å². The van der Waals surface area contributed by atoms with Crippen LogP contribution in [0.1, 0.15) is 24.2 Å². The molecule has 3 rings (SSSR count). The fourth-order valence-corrected chi connectivity index (χ4v) is 3.16. The minimum absolute atomic E-state index is 0.111. The lowest BCUT2D eigenvalue weighted by atomic mass is 9.82. The first kappa shape index (κ1) is 18.0. The number of rotatable bonds is 5. The molecule has 1 fully saturated rings. The minimum atomic E-state index is -0.775. The van der Waals surface area contributed by atoms with Crippen molar-refractivity contribution >= 4 is 23.2 Å². The minimum Gasteiger partial charge on any atom is -0.324 e. The van der Waals surface area contributed by atoms with E-state index in [2.05, 4.69) is 25.9 Å². The highest BCUT2D eigenvalue weighted by molar-refractivity contribution is 6.01. The van der Waals surface area contributed by atoms with Crippen molar-refractivity contribution in [2.24, 2.45) is 5.41 Å². The summed E-state index contributed by atoms with van der Waals surface area (Å²) < 4.78 is 0. The van der Waals surface area contributed by atoms with E-state index < -0.39 is 5.41 Å². The molecule has 2 amide bonds. The number of pyridine rings is 2. The van der Waals surface area contributed by atoms with E-state index in [1.807, 2.05) is 19.9 Å². The molecular formula is C19H23N5O2. The van der Waals surface area contributed by atoms with Crippen LogP contribution in [0.15, 0.2) is 36.7 Å². The Bertz CT molecular complexity index is 815. The van der Waals surface area contributed by atoms with E-state index >= 15 is 0 Å². The van der Waals surface area contributed by atoms with Crippen LogP contribution in [-0.2, 0) is 9.59 Å². The van der Waals surface area contributed by atoms with Gasteiger partial charge in [0.1, 0.15) is 0 Å². The van der Waals surface area contributed by atoms with E-state index in [0.29, 0.717) is 30.9 Å². The summed E-state index contributed by atoms with van der Waals surface area (Å²) in [5.41, 5.74) is 2.06. The van der Waals surface area contributed by atoms with E-state index in [9.17, 15) is 9.59 Å². The van der Waals surface area contributed by atoms with Gasteiger partial charge < -0.3 is 16.0 Å². The second-order valence-corrected chi connectivity index (χ2v) is 6.66. The Morgan fingerprint density at radius 3 is 2.23 bits per heavy atom. The van der Waals surface area contributed by atoms with Crippen LogP contribution < -0.4 is 16.0 Å². The zero-order chi connectivity index (χ0) is 18.6. The third-order valence-electron chi connectivity index (χ3n) is 4.76. The van der Waals surface area contributed by atoms with Gasteiger partial charge in [-0.1, -0.05) is 0 Å². The molecule has 1 saturated heterocycles. The molecule has 0 bridgehead atoms. The molecule has 0 aliphatic carbocycles. The van der Waals surface area contributed by atoms with Crippen molar-refractivity contribution < 1.29 is 9.59 Å². The number of anilines is 2. The van der Waals surface area contributed by atoms with Gasteiger partial charge in [0.25, 0.3) is 0 Å². The van der Waals surface area contributed by atoms with Crippen molar-refractivity contribution in [2.75, 3.05) is 23.7 Å². The molecule has 0 saturated carbocycles. The number of aromatic nitrogens is 2. The summed E-state index contributed by atoms with van der Waals surface area (Å²) in [6.45, 7) is 4.85. The maximum atomic E-state index is 13.0. The van der Waals surface area contributed by atoms with E-state index in [4.69, 9.17) is 0 Å². The van der Waals surface area contributed by atoms with Crippen molar-refractivity contribution in [1.82, 2.24) is 15.3 Å². The zero-order valence-corrected chi connectivity index (χ0v) is 15.0. The Kier molecular flexibility index (Phi) is 5.27. The molecule has 3 N–H and O–H groups in total. The van der Waals surface area contributed by atoms with Gasteiger partial charge in [-0.15, -0.1) is 0 Å². The largest absolute Gasteiger partial charge is 0.324 e. The molecule has 1 aliphatic rings. The molecule has 7 heteroatoms. The Labute approximate surface area is 152 Å². The normalized spacial score (nSPS) is 19.2. The van der Waals surface area contributed by atoms with Crippen LogP contribution in [0, 0.1) is 19.3 Å². The van der Waals surface area contributed by atoms with E-state index in [1.165, 1.54) is 0 Å². The molecule has 0 aromatic carbocycles. The van der Waals surface area contributed by atoms with E-state index in [-0.39, 0.29) is 18.2 Å². The SMILES string of the molecule is Cc1ncccc1NC(=O)CC1(C(=O)Nc2cccnc2C)CCNC1. The van der Waals surface area contributed by atoms with Gasteiger partial charge >= 0.3 is 0 Å². The number of amides is 2. The van der Waals surface area contributed by atoms with Crippen LogP contribution in [0.5, 0.6) is 0 Å². The monoisotopic (exact) mass is 353 g/mol. The van der Waals surface area contributed by atoms with E-state index in [1.54, 1.807) is 30.6 Å². The summed E-state index contributed by atoms with van der Waals surface area (Å²) >= 11 is 0. The van der Waals surface area contributed by atoms with Gasteiger partial charge in [0.2, 0.25) is 11.8 Å². The first-order valence-electron chi connectivity index (χ1n) is 8.65. The molecule has 2 aromatic rings. The van der Waals surface area contributed by atoms with Gasteiger partial charge in [-0.3, -0.25) is 19.6 Å².